The molecule has 0 aliphatic heterocycles. The molecule has 0 saturated heterocycles. The lowest BCUT2D eigenvalue weighted by Crippen LogP contribution is -2.14. The molecule has 0 amide bonds. The van der Waals surface area contributed by atoms with Gasteiger partial charge in [0.25, 0.3) is 0 Å². The number of rotatable bonds is 28. The van der Waals surface area contributed by atoms with E-state index in [0.29, 0.717) is 85.4 Å². The molecule has 9 nitrogen and oxygen atoms in total. The van der Waals surface area contributed by atoms with E-state index in [9.17, 15) is 4.57 Å². The van der Waals surface area contributed by atoms with E-state index in [-0.39, 0.29) is 0 Å². The van der Waals surface area contributed by atoms with Crippen LogP contribution in [0, 0.1) is 0 Å². The Bertz CT molecular complexity index is 417. The number of ether oxygens (including phenoxy) is 6. The van der Waals surface area contributed by atoms with E-state index in [0.717, 1.165) is 45.1 Å². The number of hydrogen-bond acceptors (Lipinski definition) is 9. The van der Waals surface area contributed by atoms with Crippen LogP contribution in [0.5, 0.6) is 0 Å². The van der Waals surface area contributed by atoms with E-state index in [1.807, 2.05) is 13.8 Å². The molecule has 0 aromatic carbocycles. The predicted molar refractivity (Wildman–Crippen MR) is 129 cm³/mol. The summed E-state index contributed by atoms with van der Waals surface area (Å²) in [5.74, 6) is 0. The van der Waals surface area contributed by atoms with Gasteiger partial charge in [-0.25, -0.2) is 0 Å². The van der Waals surface area contributed by atoms with Crippen LogP contribution in [-0.4, -0.2) is 99.2 Å². The summed E-state index contributed by atoms with van der Waals surface area (Å²) in [6.07, 6.45) is 6.94. The Morgan fingerprint density at radius 1 is 0.485 bits per heavy atom. The van der Waals surface area contributed by atoms with Gasteiger partial charge in [-0.1, -0.05) is 25.7 Å². The molecule has 0 N–H and O–H groups in total. The molecule has 0 saturated carbocycles. The van der Waals surface area contributed by atoms with Crippen molar-refractivity contribution in [2.45, 2.75) is 52.4 Å². The Labute approximate surface area is 201 Å². The van der Waals surface area contributed by atoms with Crippen molar-refractivity contribution in [1.82, 2.24) is 0 Å². The minimum atomic E-state index is -2.87. The first-order valence-corrected chi connectivity index (χ1v) is 14.2. The van der Waals surface area contributed by atoms with Gasteiger partial charge in [-0.2, -0.15) is 0 Å². The maximum atomic E-state index is 12.3. The zero-order chi connectivity index (χ0) is 24.3. The molecule has 0 aromatic heterocycles. The van der Waals surface area contributed by atoms with Crippen molar-refractivity contribution in [2.24, 2.45) is 0 Å². The highest BCUT2D eigenvalue weighted by atomic mass is 31.2. The third-order valence-electron chi connectivity index (χ3n) is 4.54. The fourth-order valence-corrected chi connectivity index (χ4v) is 4.63. The molecule has 0 aromatic rings. The molecule has 0 aliphatic rings. The van der Waals surface area contributed by atoms with Gasteiger partial charge in [0.2, 0.25) is 0 Å². The van der Waals surface area contributed by atoms with Gasteiger partial charge < -0.3 is 37.5 Å². The van der Waals surface area contributed by atoms with Crippen molar-refractivity contribution in [1.29, 1.82) is 0 Å². The minimum Gasteiger partial charge on any atom is -0.382 e. The summed E-state index contributed by atoms with van der Waals surface area (Å²) in [6, 6.07) is 0. The fraction of sp³-hybridized carbons (Fsp3) is 1.00. The van der Waals surface area contributed by atoms with E-state index in [2.05, 4.69) is 0 Å². The number of unbranched alkanes of at least 4 members (excludes halogenated alkanes) is 5. The highest BCUT2D eigenvalue weighted by Gasteiger charge is 2.22. The monoisotopic (exact) mass is 500 g/mol. The molecule has 0 bridgehead atoms. The van der Waals surface area contributed by atoms with Gasteiger partial charge in [-0.05, 0) is 26.7 Å². The van der Waals surface area contributed by atoms with Crippen LogP contribution in [-0.2, 0) is 42.0 Å². The Kier molecular flexibility index (Phi) is 26.4. The standard InChI is InChI=1S/C23H49O9P/c1-4-31-33(24,32-5-2)23-11-9-7-6-8-10-12-26-15-16-28-19-20-30-22-21-29-18-17-27-14-13-25-3/h4-23H2,1-3H3. The van der Waals surface area contributed by atoms with Gasteiger partial charge in [0, 0.05) is 13.7 Å². The third-order valence-corrected chi connectivity index (χ3v) is 6.71. The Morgan fingerprint density at radius 3 is 1.27 bits per heavy atom. The van der Waals surface area contributed by atoms with E-state index in [4.69, 9.17) is 37.5 Å². The molecule has 0 fully saturated rings. The van der Waals surface area contributed by atoms with Crippen LogP contribution in [0.25, 0.3) is 0 Å². The van der Waals surface area contributed by atoms with E-state index < -0.39 is 7.60 Å². The van der Waals surface area contributed by atoms with Crippen LogP contribution in [0.15, 0.2) is 0 Å². The molecule has 10 heteroatoms. The molecular formula is C23H49O9P. The van der Waals surface area contributed by atoms with E-state index in [1.165, 1.54) is 0 Å². The first kappa shape index (κ1) is 32.9. The second-order valence-electron chi connectivity index (χ2n) is 7.35. The van der Waals surface area contributed by atoms with E-state index >= 15 is 0 Å². The fourth-order valence-electron chi connectivity index (χ4n) is 2.90. The highest BCUT2D eigenvalue weighted by Crippen LogP contribution is 2.48. The van der Waals surface area contributed by atoms with Gasteiger partial charge >= 0.3 is 7.60 Å². The Hall–Kier alpha value is -0.0900. The van der Waals surface area contributed by atoms with Gasteiger partial charge in [0.15, 0.2) is 0 Å². The van der Waals surface area contributed by atoms with Crippen LogP contribution >= 0.6 is 7.60 Å². The smallest absolute Gasteiger partial charge is 0.330 e. The van der Waals surface area contributed by atoms with Crippen molar-refractivity contribution in [3.05, 3.63) is 0 Å². The zero-order valence-corrected chi connectivity index (χ0v) is 22.2. The summed E-state index contributed by atoms with van der Waals surface area (Å²) < 4.78 is 55.0. The summed E-state index contributed by atoms with van der Waals surface area (Å²) in [7, 11) is -1.22. The molecule has 0 aliphatic carbocycles. The number of methoxy groups -OCH3 is 1. The molecule has 0 spiro atoms. The van der Waals surface area contributed by atoms with Crippen molar-refractivity contribution < 1.29 is 42.0 Å². The molecule has 0 atom stereocenters. The largest absolute Gasteiger partial charge is 0.382 e. The second kappa shape index (κ2) is 26.5. The zero-order valence-electron chi connectivity index (χ0n) is 21.3. The molecule has 0 heterocycles. The molecule has 0 unspecified atom stereocenters. The summed E-state index contributed by atoms with van der Waals surface area (Å²) in [6.45, 7) is 11.0. The van der Waals surface area contributed by atoms with Crippen LogP contribution in [0.3, 0.4) is 0 Å². The van der Waals surface area contributed by atoms with Gasteiger partial charge in [-0.3, -0.25) is 4.57 Å². The molecule has 200 valence electrons. The predicted octanol–water partition coefficient (Wildman–Crippen LogP) is 4.32. The Balaban J connectivity index is 3.19. The SMILES string of the molecule is CCOP(=O)(CCCCCCCCOCCOCCOCCOCCOCCOC)OCC. The quantitative estimate of drug-likeness (QED) is 0.115. The van der Waals surface area contributed by atoms with Crippen LogP contribution < -0.4 is 0 Å². The van der Waals surface area contributed by atoms with Crippen molar-refractivity contribution in [3.8, 4) is 0 Å². The summed E-state index contributed by atoms with van der Waals surface area (Å²) in [4.78, 5) is 0. The van der Waals surface area contributed by atoms with Gasteiger partial charge in [0.1, 0.15) is 0 Å². The first-order valence-electron chi connectivity index (χ1n) is 12.4. The van der Waals surface area contributed by atoms with Crippen molar-refractivity contribution in [2.75, 3.05) is 99.2 Å². The van der Waals surface area contributed by atoms with Crippen LogP contribution in [0.2, 0.25) is 0 Å². The molecular weight excluding hydrogens is 451 g/mol. The number of hydrogen-bond donors (Lipinski definition) is 0. The maximum absolute atomic E-state index is 12.3. The average Bonchev–Trinajstić information content (AvgIpc) is 2.80. The average molecular weight is 501 g/mol. The maximum Gasteiger partial charge on any atom is 0.330 e. The first-order chi connectivity index (χ1) is 16.2. The summed E-state index contributed by atoms with van der Waals surface area (Å²) in [5, 5.41) is 0. The van der Waals surface area contributed by atoms with Crippen LogP contribution in [0.1, 0.15) is 52.4 Å². The normalized spacial score (nSPS) is 12.0. The Morgan fingerprint density at radius 2 is 0.848 bits per heavy atom. The van der Waals surface area contributed by atoms with E-state index in [1.54, 1.807) is 7.11 Å². The molecule has 0 rings (SSSR count). The lowest BCUT2D eigenvalue weighted by Gasteiger charge is -2.16. The second-order valence-corrected chi connectivity index (χ2v) is 9.53. The van der Waals surface area contributed by atoms with Crippen molar-refractivity contribution in [3.63, 3.8) is 0 Å². The molecule has 33 heavy (non-hydrogen) atoms. The lowest BCUT2D eigenvalue weighted by atomic mass is 10.1. The third kappa shape index (κ3) is 24.8. The minimum absolute atomic E-state index is 0.429. The van der Waals surface area contributed by atoms with Crippen molar-refractivity contribution >= 4 is 7.60 Å². The summed E-state index contributed by atoms with van der Waals surface area (Å²) >= 11 is 0. The highest BCUT2D eigenvalue weighted by molar-refractivity contribution is 7.53. The lowest BCUT2D eigenvalue weighted by molar-refractivity contribution is -0.0148. The van der Waals surface area contributed by atoms with Gasteiger partial charge in [0.05, 0.1) is 85.4 Å². The summed E-state index contributed by atoms with van der Waals surface area (Å²) in [5.41, 5.74) is 0. The molecule has 0 radical (unpaired) electrons. The van der Waals surface area contributed by atoms with Gasteiger partial charge in [-0.15, -0.1) is 0 Å². The topological polar surface area (TPSA) is 90.9 Å². The van der Waals surface area contributed by atoms with Crippen LogP contribution in [0.4, 0.5) is 0 Å².